The van der Waals surface area contributed by atoms with Crippen LogP contribution in [-0.2, 0) is 48.9 Å². The summed E-state index contributed by atoms with van der Waals surface area (Å²) in [6, 6.07) is 0. The van der Waals surface area contributed by atoms with E-state index in [1.54, 1.807) is 0 Å². The van der Waals surface area contributed by atoms with Crippen molar-refractivity contribution in [2.45, 2.75) is 0 Å². The second kappa shape index (κ2) is 13.1. The molecule has 0 aromatic carbocycles. The van der Waals surface area contributed by atoms with Gasteiger partial charge >= 0.3 is 160 Å². The van der Waals surface area contributed by atoms with Crippen molar-refractivity contribution in [1.82, 2.24) is 0 Å². The Morgan fingerprint density at radius 1 is 0.692 bits per heavy atom. The third kappa shape index (κ3) is 283. The molecule has 0 bridgehead atoms. The van der Waals surface area contributed by atoms with E-state index in [-0.39, 0.29) is 111 Å². The van der Waals surface area contributed by atoms with Crippen molar-refractivity contribution < 1.29 is 168 Å². The molecule has 0 unspecified atom stereocenters. The maximum absolute atomic E-state index is 8.69. The monoisotopic (exact) mass is 338 g/mol. The van der Waals surface area contributed by atoms with Crippen molar-refractivity contribution >= 4 is 0 Å². The molecule has 0 radical (unpaired) electrons. The van der Waals surface area contributed by atoms with Gasteiger partial charge in [0.1, 0.15) is 0 Å². The Morgan fingerprint density at radius 3 is 0.692 bits per heavy atom. The van der Waals surface area contributed by atoms with E-state index < -0.39 is 25.9 Å². The van der Waals surface area contributed by atoms with E-state index in [0.29, 0.717) is 0 Å². The molecule has 0 aliphatic rings. The van der Waals surface area contributed by atoms with Gasteiger partial charge in [0.05, 0.1) is 0 Å². The van der Waals surface area contributed by atoms with Crippen molar-refractivity contribution in [3.05, 3.63) is 0 Å². The molecule has 0 spiro atoms. The Balaban J connectivity index is -0.0000000128. The van der Waals surface area contributed by atoms with Crippen molar-refractivity contribution in [2.24, 2.45) is 0 Å². The van der Waals surface area contributed by atoms with Gasteiger partial charge in [0, 0.05) is 0 Å². The first-order valence-electron chi connectivity index (χ1n) is 1.26. The van der Waals surface area contributed by atoms with E-state index in [9.17, 15) is 0 Å². The first-order chi connectivity index (χ1) is 4.00. The first-order valence-corrected chi connectivity index (χ1v) is 5.21. The molecule has 0 amide bonds. The summed E-state index contributed by atoms with van der Waals surface area (Å²) in [5.41, 5.74) is 0. The van der Waals surface area contributed by atoms with Gasteiger partial charge < -0.3 is 8.33 Å². The quantitative estimate of drug-likeness (QED) is 0.409. The van der Waals surface area contributed by atoms with Gasteiger partial charge in [-0.1, -0.05) is 0 Å². The van der Waals surface area contributed by atoms with Crippen LogP contribution < -0.4 is 103 Å². The summed E-state index contributed by atoms with van der Waals surface area (Å²) >= 11 is -10.8. The van der Waals surface area contributed by atoms with Crippen molar-refractivity contribution in [3.8, 4) is 0 Å². The molecular formula is H6K2Mn2O9. The predicted molar refractivity (Wildman–Crippen MR) is 14.4 cm³/mol. The number of hydrogen-bond acceptors (Lipinski definition) is 6. The summed E-state index contributed by atoms with van der Waals surface area (Å²) in [6.07, 6.45) is 0. The SMILES string of the molecule is O.[H-].[H-].[K+].[K+].[O]=[Mn](=[O])(=[O])[OH].[O]=[Mn](=[O])(=[O])[OH]. The van der Waals surface area contributed by atoms with Gasteiger partial charge in [0.25, 0.3) is 0 Å². The zero-order valence-corrected chi connectivity index (χ0v) is 15.2. The fourth-order valence-electron chi connectivity index (χ4n) is 0. The standard InChI is InChI=1S/2K.2Mn.3H2O.6O.2H/h;;;;3*1H2;;;;;;;;/q4*+1;;;;;;;;;;2*-1/p-2. The van der Waals surface area contributed by atoms with E-state index in [1.807, 2.05) is 0 Å². The average Bonchev–Trinajstić information content (AvgIpc) is 1.12. The summed E-state index contributed by atoms with van der Waals surface area (Å²) in [6.45, 7) is 0. The van der Waals surface area contributed by atoms with Gasteiger partial charge in [-0.3, -0.25) is 0 Å². The molecule has 0 aromatic rings. The van der Waals surface area contributed by atoms with Gasteiger partial charge in [-0.25, -0.2) is 0 Å². The zero-order valence-electron chi connectivity index (χ0n) is 8.60. The molecule has 0 saturated carbocycles. The normalized spacial score (nSPS) is 8.77. The molecule has 0 rings (SSSR count). The van der Waals surface area contributed by atoms with Gasteiger partial charge in [-0.2, -0.15) is 0 Å². The van der Waals surface area contributed by atoms with Crippen LogP contribution in [0, 0.1) is 0 Å². The van der Waals surface area contributed by atoms with Gasteiger partial charge in [-0.15, -0.1) is 0 Å². The Morgan fingerprint density at radius 2 is 0.692 bits per heavy atom. The Labute approximate surface area is 164 Å². The molecule has 0 heterocycles. The molecule has 76 valence electrons. The number of hydrogen-bond donors (Lipinski definition) is 2. The summed E-state index contributed by atoms with van der Waals surface area (Å²) in [7, 11) is 0. The molecule has 4 N–H and O–H groups in total. The Hall–Kier alpha value is 2.99. The molecule has 13 heavy (non-hydrogen) atoms. The van der Waals surface area contributed by atoms with Gasteiger partial charge in [0.2, 0.25) is 0 Å². The van der Waals surface area contributed by atoms with Crippen LogP contribution in [0.5, 0.6) is 0 Å². The second-order valence-electron chi connectivity index (χ2n) is 0.792. The van der Waals surface area contributed by atoms with Crippen LogP contribution in [0.3, 0.4) is 0 Å². The Bertz CT molecular complexity index is 308. The topological polar surface area (TPSA) is 174 Å². The number of rotatable bonds is 0. The van der Waals surface area contributed by atoms with Crippen molar-refractivity contribution in [2.75, 3.05) is 0 Å². The van der Waals surface area contributed by atoms with Crippen LogP contribution >= 0.6 is 0 Å². The third-order valence-corrected chi connectivity index (χ3v) is 0. The van der Waals surface area contributed by atoms with E-state index in [4.69, 9.17) is 31.4 Å². The molecule has 13 heteroatoms. The molecule has 9 nitrogen and oxygen atoms in total. The third-order valence-electron chi connectivity index (χ3n) is 0. The van der Waals surface area contributed by atoms with Gasteiger partial charge in [-0.05, 0) is 0 Å². The van der Waals surface area contributed by atoms with Crippen LogP contribution in [0.25, 0.3) is 0 Å². The van der Waals surface area contributed by atoms with Crippen LogP contribution in [0.4, 0.5) is 0 Å². The summed E-state index contributed by atoms with van der Waals surface area (Å²) < 4.78 is 66.1. The summed E-state index contributed by atoms with van der Waals surface area (Å²) in [5.74, 6) is 0. The minimum absolute atomic E-state index is 0. The predicted octanol–water partition coefficient (Wildman–Crippen LogP) is -8.42. The van der Waals surface area contributed by atoms with Crippen LogP contribution in [-0.4, -0.2) is 13.9 Å². The molecule has 0 aromatic heterocycles. The summed E-state index contributed by atoms with van der Waals surface area (Å²) in [4.78, 5) is 0. The van der Waals surface area contributed by atoms with Crippen molar-refractivity contribution in [3.63, 3.8) is 0 Å². The fraction of sp³-hybridized carbons (Fsp3) is 0. The van der Waals surface area contributed by atoms with E-state index in [1.165, 1.54) is 0 Å². The van der Waals surface area contributed by atoms with Crippen LogP contribution in [0.2, 0.25) is 0 Å². The zero-order chi connectivity index (χ0) is 9.00. The summed E-state index contributed by atoms with van der Waals surface area (Å²) in [5, 5.41) is 0. The van der Waals surface area contributed by atoms with Crippen LogP contribution in [0.15, 0.2) is 0 Å². The van der Waals surface area contributed by atoms with Crippen LogP contribution in [0.1, 0.15) is 2.85 Å². The fourth-order valence-corrected chi connectivity index (χ4v) is 0. The van der Waals surface area contributed by atoms with Gasteiger partial charge in [0.15, 0.2) is 0 Å². The van der Waals surface area contributed by atoms with E-state index in [0.717, 1.165) is 0 Å². The minimum atomic E-state index is -5.38. The second-order valence-corrected chi connectivity index (χ2v) is 3.27. The first kappa shape index (κ1) is 29.7. The van der Waals surface area contributed by atoms with E-state index in [2.05, 4.69) is 0 Å². The van der Waals surface area contributed by atoms with Crippen molar-refractivity contribution in [1.29, 1.82) is 0 Å². The molecule has 0 atom stereocenters. The maximum atomic E-state index is 8.69. The Kier molecular flexibility index (Phi) is 29.9. The molecule has 0 fully saturated rings. The molecular weight excluding hydrogens is 332 g/mol. The molecule has 0 aliphatic heterocycles. The molecule has 0 aliphatic carbocycles. The van der Waals surface area contributed by atoms with E-state index >= 15 is 0 Å². The average molecular weight is 338 g/mol. The molecule has 0 saturated heterocycles.